The predicted molar refractivity (Wildman–Crippen MR) is 63.1 cm³/mol. The van der Waals surface area contributed by atoms with E-state index < -0.39 is 0 Å². The average Bonchev–Trinajstić information content (AvgIpc) is 2.72. The minimum absolute atomic E-state index is 0.0191. The number of imidazole rings is 1. The number of fused-ring (bicyclic) bond motifs is 1. The summed E-state index contributed by atoms with van der Waals surface area (Å²) in [6.07, 6.45) is 1.71. The van der Waals surface area contributed by atoms with Gasteiger partial charge in [0.25, 0.3) is 0 Å². The first-order chi connectivity index (χ1) is 7.74. The maximum Gasteiger partial charge on any atom is 0.242 e. The smallest absolute Gasteiger partial charge is 0.242 e. The molecule has 1 aromatic heterocycles. The van der Waals surface area contributed by atoms with Crippen LogP contribution in [0.15, 0.2) is 30.6 Å². The van der Waals surface area contributed by atoms with Crippen LogP contribution in [0, 0.1) is 0 Å². The van der Waals surface area contributed by atoms with Crippen molar-refractivity contribution in [3.63, 3.8) is 0 Å². The number of benzene rings is 1. The molecule has 0 aliphatic rings. The van der Waals surface area contributed by atoms with E-state index in [1.807, 2.05) is 42.7 Å². The van der Waals surface area contributed by atoms with Crippen LogP contribution in [0.4, 0.5) is 0 Å². The predicted octanol–water partition coefficient (Wildman–Crippen LogP) is 1.73. The van der Waals surface area contributed by atoms with Crippen molar-refractivity contribution in [3.05, 3.63) is 30.6 Å². The molecule has 0 bridgehead atoms. The number of aromatic nitrogens is 2. The number of hydrogen-bond acceptors (Lipinski definition) is 2. The Hall–Kier alpha value is -1.84. The summed E-state index contributed by atoms with van der Waals surface area (Å²) < 4.78 is 1.89. The van der Waals surface area contributed by atoms with Crippen LogP contribution in [0.3, 0.4) is 0 Å². The molecule has 2 aromatic rings. The Bertz CT molecular complexity index is 504. The lowest BCUT2D eigenvalue weighted by atomic mass is 10.2. The van der Waals surface area contributed by atoms with Crippen molar-refractivity contribution < 1.29 is 4.79 Å². The fourth-order valence-electron chi connectivity index (χ4n) is 1.74. The van der Waals surface area contributed by atoms with Crippen LogP contribution in [0.1, 0.15) is 19.9 Å². The van der Waals surface area contributed by atoms with Crippen LogP contribution >= 0.6 is 0 Å². The summed E-state index contributed by atoms with van der Waals surface area (Å²) in [6, 6.07) is 7.57. The zero-order valence-electron chi connectivity index (χ0n) is 9.47. The quantitative estimate of drug-likeness (QED) is 0.851. The van der Waals surface area contributed by atoms with Gasteiger partial charge in [-0.25, -0.2) is 4.98 Å². The first-order valence-corrected chi connectivity index (χ1v) is 5.43. The number of nitrogens with zero attached hydrogens (tertiary/aromatic N) is 2. The van der Waals surface area contributed by atoms with Crippen LogP contribution in [-0.4, -0.2) is 22.0 Å². The van der Waals surface area contributed by atoms with Gasteiger partial charge in [-0.15, -0.1) is 0 Å². The normalized spacial score (nSPS) is 12.6. The molecule has 84 valence electrons. The molecule has 0 spiro atoms. The van der Waals surface area contributed by atoms with Crippen molar-refractivity contribution in [1.29, 1.82) is 0 Å². The molecule has 1 aromatic carbocycles. The molecule has 2 rings (SSSR count). The van der Waals surface area contributed by atoms with Crippen LogP contribution < -0.4 is 5.32 Å². The highest BCUT2D eigenvalue weighted by Gasteiger charge is 2.15. The molecule has 4 heteroatoms. The van der Waals surface area contributed by atoms with Crippen LogP contribution in [-0.2, 0) is 4.79 Å². The maximum atomic E-state index is 11.7. The average molecular weight is 217 g/mol. The lowest BCUT2D eigenvalue weighted by molar-refractivity contribution is -0.123. The largest absolute Gasteiger partial charge is 0.355 e. The molecular weight excluding hydrogens is 202 g/mol. The fraction of sp³-hybridized carbons (Fsp3) is 0.333. The summed E-state index contributed by atoms with van der Waals surface area (Å²) in [5, 5.41) is 2.81. The number of para-hydroxylation sites is 2. The van der Waals surface area contributed by atoms with Gasteiger partial charge >= 0.3 is 0 Å². The van der Waals surface area contributed by atoms with Gasteiger partial charge in [0.05, 0.1) is 17.4 Å². The van der Waals surface area contributed by atoms with Crippen molar-refractivity contribution in [3.8, 4) is 0 Å². The van der Waals surface area contributed by atoms with E-state index in [-0.39, 0.29) is 11.9 Å². The molecule has 1 atom stereocenters. The highest BCUT2D eigenvalue weighted by atomic mass is 16.2. The summed E-state index contributed by atoms with van der Waals surface area (Å²) in [5.41, 5.74) is 1.90. The van der Waals surface area contributed by atoms with Crippen molar-refractivity contribution in [2.24, 2.45) is 0 Å². The lowest BCUT2D eigenvalue weighted by Gasteiger charge is -2.13. The topological polar surface area (TPSA) is 46.9 Å². The van der Waals surface area contributed by atoms with E-state index in [0.29, 0.717) is 6.54 Å². The molecule has 0 saturated carbocycles. The molecule has 0 fully saturated rings. The zero-order chi connectivity index (χ0) is 11.5. The molecule has 0 radical (unpaired) electrons. The Labute approximate surface area is 94.3 Å². The summed E-state index contributed by atoms with van der Waals surface area (Å²) in [5.74, 6) is 0.0191. The summed E-state index contributed by atoms with van der Waals surface area (Å²) in [6.45, 7) is 4.44. The second-order valence-corrected chi connectivity index (χ2v) is 3.71. The van der Waals surface area contributed by atoms with Gasteiger partial charge in [-0.3, -0.25) is 4.79 Å². The van der Waals surface area contributed by atoms with Crippen LogP contribution in [0.25, 0.3) is 11.0 Å². The molecule has 0 saturated heterocycles. The van der Waals surface area contributed by atoms with E-state index in [9.17, 15) is 4.79 Å². The lowest BCUT2D eigenvalue weighted by Crippen LogP contribution is -2.30. The molecule has 1 N–H and O–H groups in total. The fourth-order valence-corrected chi connectivity index (χ4v) is 1.74. The number of likely N-dealkylation sites (N-methyl/N-ethyl adjacent to an activating group) is 1. The van der Waals surface area contributed by atoms with E-state index in [4.69, 9.17) is 0 Å². The Kier molecular flexibility index (Phi) is 2.90. The van der Waals surface area contributed by atoms with Gasteiger partial charge in [-0.05, 0) is 26.0 Å². The van der Waals surface area contributed by atoms with Crippen molar-refractivity contribution in [1.82, 2.24) is 14.9 Å². The molecule has 0 aliphatic carbocycles. The highest BCUT2D eigenvalue weighted by Crippen LogP contribution is 2.17. The summed E-state index contributed by atoms with van der Waals surface area (Å²) in [7, 11) is 0. The van der Waals surface area contributed by atoms with Gasteiger partial charge < -0.3 is 9.88 Å². The van der Waals surface area contributed by atoms with E-state index in [1.165, 1.54) is 0 Å². The summed E-state index contributed by atoms with van der Waals surface area (Å²) in [4.78, 5) is 16.0. The number of hydrogen-bond donors (Lipinski definition) is 1. The van der Waals surface area contributed by atoms with Crippen LogP contribution in [0.5, 0.6) is 0 Å². The maximum absolute atomic E-state index is 11.7. The number of amides is 1. The monoisotopic (exact) mass is 217 g/mol. The van der Waals surface area contributed by atoms with E-state index in [1.54, 1.807) is 6.33 Å². The third-order valence-corrected chi connectivity index (χ3v) is 2.63. The first-order valence-electron chi connectivity index (χ1n) is 5.43. The molecule has 4 nitrogen and oxygen atoms in total. The third kappa shape index (κ3) is 1.78. The number of carbonyl (C=O) groups is 1. The van der Waals surface area contributed by atoms with E-state index >= 15 is 0 Å². The Morgan fingerprint density at radius 2 is 2.25 bits per heavy atom. The molecule has 0 aliphatic heterocycles. The Morgan fingerprint density at radius 1 is 1.50 bits per heavy atom. The molecular formula is C12H15N3O. The first kappa shape index (κ1) is 10.7. The summed E-state index contributed by atoms with van der Waals surface area (Å²) >= 11 is 0. The standard InChI is InChI=1S/C12H15N3O/c1-3-13-12(16)9(2)15-8-14-10-6-4-5-7-11(10)15/h4-9H,3H2,1-2H3,(H,13,16). The Morgan fingerprint density at radius 3 is 3.00 bits per heavy atom. The number of rotatable bonds is 3. The van der Waals surface area contributed by atoms with E-state index in [0.717, 1.165) is 11.0 Å². The minimum Gasteiger partial charge on any atom is -0.355 e. The van der Waals surface area contributed by atoms with Gasteiger partial charge in [0.1, 0.15) is 6.04 Å². The molecule has 1 heterocycles. The SMILES string of the molecule is CCNC(=O)C(C)n1cnc2ccccc21. The highest BCUT2D eigenvalue weighted by molar-refractivity contribution is 5.83. The van der Waals surface area contributed by atoms with Gasteiger partial charge in [0.15, 0.2) is 0 Å². The second-order valence-electron chi connectivity index (χ2n) is 3.71. The Balaban J connectivity index is 2.36. The third-order valence-electron chi connectivity index (χ3n) is 2.63. The molecule has 1 unspecified atom stereocenters. The van der Waals surface area contributed by atoms with Gasteiger partial charge in [0, 0.05) is 6.54 Å². The van der Waals surface area contributed by atoms with Gasteiger partial charge in [-0.1, -0.05) is 12.1 Å². The van der Waals surface area contributed by atoms with E-state index in [2.05, 4.69) is 10.3 Å². The molecule has 1 amide bonds. The van der Waals surface area contributed by atoms with Crippen LogP contribution in [0.2, 0.25) is 0 Å². The minimum atomic E-state index is -0.229. The van der Waals surface area contributed by atoms with Crippen molar-refractivity contribution in [2.75, 3.05) is 6.54 Å². The van der Waals surface area contributed by atoms with Crippen molar-refractivity contribution in [2.45, 2.75) is 19.9 Å². The number of nitrogens with one attached hydrogen (secondary N) is 1. The second kappa shape index (κ2) is 4.35. The molecule has 16 heavy (non-hydrogen) atoms. The van der Waals surface area contributed by atoms with Gasteiger partial charge in [-0.2, -0.15) is 0 Å². The van der Waals surface area contributed by atoms with Gasteiger partial charge in [0.2, 0.25) is 5.91 Å². The number of carbonyl (C=O) groups excluding carboxylic acids is 1. The van der Waals surface area contributed by atoms with Crippen molar-refractivity contribution >= 4 is 16.9 Å². The zero-order valence-corrected chi connectivity index (χ0v) is 9.47.